The zero-order chi connectivity index (χ0) is 24.1. The largest absolute Gasteiger partial charge is 0.356 e. The Balaban J connectivity index is 1.43. The summed E-state index contributed by atoms with van der Waals surface area (Å²) in [6.45, 7) is 4.72. The molecule has 2 aromatic carbocycles. The number of aryl methyl sites for hydroxylation is 2. The summed E-state index contributed by atoms with van der Waals surface area (Å²) in [6, 6.07) is 18.7. The van der Waals surface area contributed by atoms with Crippen molar-refractivity contribution in [3.05, 3.63) is 79.4 Å². The smallest absolute Gasteiger partial charge is 0.243 e. The Bertz CT molecular complexity index is 991. The second kappa shape index (κ2) is 13.9. The zero-order valence-electron chi connectivity index (χ0n) is 20.4. The van der Waals surface area contributed by atoms with E-state index in [4.69, 9.17) is 0 Å². The van der Waals surface area contributed by atoms with Crippen molar-refractivity contribution < 1.29 is 13.9 Å². The van der Waals surface area contributed by atoms with Crippen molar-refractivity contribution in [1.82, 2.24) is 9.88 Å². The lowest BCUT2D eigenvalue weighted by molar-refractivity contribution is -0.696. The van der Waals surface area contributed by atoms with Crippen molar-refractivity contribution in [1.29, 1.82) is 0 Å². The van der Waals surface area contributed by atoms with Crippen LogP contribution in [0.2, 0.25) is 0 Å². The number of nitrogens with one attached hydrogen (secondary N) is 1. The minimum absolute atomic E-state index is 0.0111. The maximum atomic E-state index is 14.0. The number of carbonyl (C=O) groups is 1. The summed E-state index contributed by atoms with van der Waals surface area (Å²) >= 11 is 0. The van der Waals surface area contributed by atoms with Gasteiger partial charge in [-0.25, -0.2) is 9.13 Å². The molecule has 1 heterocycles. The Morgan fingerprint density at radius 1 is 0.882 bits per heavy atom. The Hall–Kier alpha value is -2.65. The highest BCUT2D eigenvalue weighted by atomic mass is 31.2. The van der Waals surface area contributed by atoms with Gasteiger partial charge in [-0.1, -0.05) is 93.3 Å². The van der Waals surface area contributed by atoms with E-state index in [0.29, 0.717) is 6.54 Å². The first kappa shape index (κ1) is 26.0. The van der Waals surface area contributed by atoms with Gasteiger partial charge in [-0.3, -0.25) is 4.79 Å². The van der Waals surface area contributed by atoms with Gasteiger partial charge >= 0.3 is 0 Å². The summed E-state index contributed by atoms with van der Waals surface area (Å²) in [5.41, 5.74) is 0. The van der Waals surface area contributed by atoms with Crippen LogP contribution in [0.1, 0.15) is 51.9 Å². The molecule has 34 heavy (non-hydrogen) atoms. The molecule has 0 fully saturated rings. The van der Waals surface area contributed by atoms with Crippen LogP contribution < -0.4 is 20.5 Å². The molecule has 0 aliphatic rings. The van der Waals surface area contributed by atoms with Crippen LogP contribution in [0.15, 0.2) is 79.4 Å². The van der Waals surface area contributed by atoms with Crippen LogP contribution in [-0.4, -0.2) is 23.2 Å². The molecule has 1 aromatic heterocycles. The predicted molar refractivity (Wildman–Crippen MR) is 140 cm³/mol. The van der Waals surface area contributed by atoms with E-state index in [9.17, 15) is 9.36 Å². The van der Waals surface area contributed by atoms with E-state index >= 15 is 0 Å². The molecular formula is C28H39N3O2P+. The first-order chi connectivity index (χ1) is 16.6. The van der Waals surface area contributed by atoms with Crippen LogP contribution in [0.5, 0.6) is 0 Å². The molecule has 0 spiro atoms. The maximum Gasteiger partial charge on any atom is 0.243 e. The van der Waals surface area contributed by atoms with Gasteiger partial charge in [0.15, 0.2) is 7.14 Å². The molecule has 0 aliphatic carbocycles. The van der Waals surface area contributed by atoms with Crippen molar-refractivity contribution in [3.63, 3.8) is 0 Å². The van der Waals surface area contributed by atoms with Crippen molar-refractivity contribution in [2.24, 2.45) is 0 Å². The van der Waals surface area contributed by atoms with Crippen molar-refractivity contribution >= 4 is 23.7 Å². The molecule has 182 valence electrons. The first-order valence-corrected chi connectivity index (χ1v) is 14.5. The van der Waals surface area contributed by atoms with E-state index in [2.05, 4.69) is 40.1 Å². The summed E-state index contributed by atoms with van der Waals surface area (Å²) in [6.07, 6.45) is 15.0. The van der Waals surface area contributed by atoms with Gasteiger partial charge in [0.25, 0.3) is 0 Å². The fraction of sp³-hybridized carbons (Fsp3) is 0.429. The predicted octanol–water partition coefficient (Wildman–Crippen LogP) is 4.66. The monoisotopic (exact) mass is 480 g/mol. The second-order valence-corrected chi connectivity index (χ2v) is 11.8. The van der Waals surface area contributed by atoms with Crippen LogP contribution >= 0.6 is 7.14 Å². The van der Waals surface area contributed by atoms with E-state index in [1.54, 1.807) is 0 Å². The molecule has 0 saturated heterocycles. The summed E-state index contributed by atoms with van der Waals surface area (Å²) in [7, 11) is -3.02. The highest BCUT2D eigenvalue weighted by molar-refractivity contribution is 7.79. The minimum atomic E-state index is -3.02. The molecule has 0 saturated carbocycles. The van der Waals surface area contributed by atoms with Crippen LogP contribution in [0.4, 0.5) is 0 Å². The number of nitrogens with zero attached hydrogens (tertiary/aromatic N) is 2. The van der Waals surface area contributed by atoms with Crippen molar-refractivity contribution in [2.75, 3.05) is 12.7 Å². The van der Waals surface area contributed by atoms with E-state index in [0.717, 1.165) is 30.1 Å². The number of hydrogen-bond acceptors (Lipinski definition) is 2. The van der Waals surface area contributed by atoms with E-state index in [1.807, 2.05) is 60.7 Å². The number of aromatic nitrogens is 2. The molecule has 1 N–H and O–H groups in total. The van der Waals surface area contributed by atoms with E-state index in [-0.39, 0.29) is 12.1 Å². The topological polar surface area (TPSA) is 55.0 Å². The second-order valence-electron chi connectivity index (χ2n) is 8.93. The van der Waals surface area contributed by atoms with Gasteiger partial charge < -0.3 is 9.88 Å². The lowest BCUT2D eigenvalue weighted by Gasteiger charge is -2.19. The third-order valence-corrected chi connectivity index (χ3v) is 9.14. The first-order valence-electron chi connectivity index (χ1n) is 12.6. The van der Waals surface area contributed by atoms with Crippen LogP contribution in [-0.2, 0) is 22.4 Å². The van der Waals surface area contributed by atoms with Crippen molar-refractivity contribution in [3.8, 4) is 0 Å². The van der Waals surface area contributed by atoms with Crippen LogP contribution in [0.3, 0.4) is 0 Å². The molecule has 0 atom stereocenters. The van der Waals surface area contributed by atoms with Crippen LogP contribution in [0, 0.1) is 0 Å². The number of rotatable bonds is 15. The van der Waals surface area contributed by atoms with Gasteiger partial charge in [-0.05, 0) is 12.8 Å². The third-order valence-electron chi connectivity index (χ3n) is 6.14. The summed E-state index contributed by atoms with van der Waals surface area (Å²) < 4.78 is 18.4. The molecule has 0 bridgehead atoms. The normalized spacial score (nSPS) is 11.4. The number of hydrogen-bond donors (Lipinski definition) is 1. The lowest BCUT2D eigenvalue weighted by Crippen LogP contribution is -2.36. The Morgan fingerprint density at radius 2 is 1.50 bits per heavy atom. The quantitative estimate of drug-likeness (QED) is 0.195. The van der Waals surface area contributed by atoms with Gasteiger partial charge in [-0.15, -0.1) is 0 Å². The fourth-order valence-electron chi connectivity index (χ4n) is 4.19. The molecule has 0 aliphatic heterocycles. The standard InChI is InChI=1S/C28H38N3O2P/c1-2-3-4-5-6-13-20-30-22-23-31(25-30)21-14-19-29-28(32)24-34(33,26-15-9-7-10-16-26)27-17-11-8-12-18-27/h7-12,15-18,22-23,25H,2-6,13-14,19-21,24H2,1H3/p+1. The minimum Gasteiger partial charge on any atom is -0.356 e. The molecule has 5 nitrogen and oxygen atoms in total. The molecule has 1 amide bonds. The molecule has 0 unspecified atom stereocenters. The van der Waals surface area contributed by atoms with Gasteiger partial charge in [0.05, 0.1) is 19.3 Å². The van der Waals surface area contributed by atoms with E-state index in [1.165, 1.54) is 38.5 Å². The van der Waals surface area contributed by atoms with E-state index < -0.39 is 7.14 Å². The lowest BCUT2D eigenvalue weighted by atomic mass is 10.1. The number of imidazole rings is 1. The molecule has 6 heteroatoms. The summed E-state index contributed by atoms with van der Waals surface area (Å²) in [4.78, 5) is 12.7. The van der Waals surface area contributed by atoms with Gasteiger partial charge in [-0.2, -0.15) is 0 Å². The highest BCUT2D eigenvalue weighted by Gasteiger charge is 2.29. The zero-order valence-corrected chi connectivity index (χ0v) is 21.3. The molecular weight excluding hydrogens is 441 g/mol. The summed E-state index contributed by atoms with van der Waals surface area (Å²) in [5.74, 6) is -0.165. The molecule has 3 aromatic rings. The third kappa shape index (κ3) is 7.99. The van der Waals surface area contributed by atoms with Gasteiger partial charge in [0, 0.05) is 23.6 Å². The van der Waals surface area contributed by atoms with Gasteiger partial charge in [0.2, 0.25) is 12.2 Å². The SMILES string of the molecule is CCCCCCCCn1cc[n+](CCCNC(=O)CP(=O)(c2ccccc2)c2ccccc2)c1. The highest BCUT2D eigenvalue weighted by Crippen LogP contribution is 2.42. The number of carbonyl (C=O) groups excluding carboxylic acids is 1. The Kier molecular flexibility index (Phi) is 10.6. The fourth-order valence-corrected chi connectivity index (χ4v) is 6.68. The maximum absolute atomic E-state index is 14.0. The summed E-state index contributed by atoms with van der Waals surface area (Å²) in [5, 5.41) is 4.42. The van der Waals surface area contributed by atoms with Crippen LogP contribution in [0.25, 0.3) is 0 Å². The number of amides is 1. The number of unbranched alkanes of at least 4 members (excludes halogenated alkanes) is 5. The Morgan fingerprint density at radius 3 is 2.15 bits per heavy atom. The number of benzene rings is 2. The Labute approximate surface area is 204 Å². The molecule has 0 radical (unpaired) electrons. The van der Waals surface area contributed by atoms with Crippen molar-refractivity contribution in [2.45, 2.75) is 65.0 Å². The van der Waals surface area contributed by atoms with Gasteiger partial charge in [0.1, 0.15) is 12.4 Å². The average molecular weight is 481 g/mol. The molecule has 3 rings (SSSR count). The average Bonchev–Trinajstić information content (AvgIpc) is 3.32.